The molecule has 0 aliphatic heterocycles. The molecule has 1 amide bonds. The van der Waals surface area contributed by atoms with Crippen molar-refractivity contribution in [3.05, 3.63) is 25.3 Å². The second-order valence-corrected chi connectivity index (χ2v) is 4.38. The van der Waals surface area contributed by atoms with Crippen molar-refractivity contribution in [2.45, 2.75) is 30.4 Å². The number of nitrogens with zero attached hydrogens (tertiary/aromatic N) is 1. The molecule has 0 heterocycles. The Bertz CT molecular complexity index is 456. The summed E-state index contributed by atoms with van der Waals surface area (Å²) in [5, 5.41) is 0. The SMILES string of the molecule is C=CCN(CCC(F)(F)C(F)(F)C(F)(F)C(F)(F)F)C(=O)C=C. The van der Waals surface area contributed by atoms with Crippen LogP contribution in [0.3, 0.4) is 0 Å². The number of rotatable bonds is 8. The quantitative estimate of drug-likeness (QED) is 0.365. The minimum absolute atomic E-state index is 0.415. The third-order valence-corrected chi connectivity index (χ3v) is 2.74. The van der Waals surface area contributed by atoms with Crippen LogP contribution in [0.25, 0.3) is 0 Å². The lowest BCUT2D eigenvalue weighted by Crippen LogP contribution is -2.61. The van der Waals surface area contributed by atoms with Gasteiger partial charge in [0.2, 0.25) is 5.91 Å². The molecule has 0 aliphatic carbocycles. The molecule has 23 heavy (non-hydrogen) atoms. The number of amides is 1. The molecule has 0 fully saturated rings. The molecule has 0 radical (unpaired) electrons. The van der Waals surface area contributed by atoms with Crippen molar-refractivity contribution < 1.29 is 44.3 Å². The normalized spacial score (nSPS) is 13.6. The minimum Gasteiger partial charge on any atom is -0.335 e. The molecular weight excluding hydrogens is 345 g/mol. The van der Waals surface area contributed by atoms with Gasteiger partial charge in [0, 0.05) is 19.5 Å². The summed E-state index contributed by atoms with van der Waals surface area (Å²) in [6, 6.07) is 0. The topological polar surface area (TPSA) is 20.3 Å². The van der Waals surface area contributed by atoms with Gasteiger partial charge in [-0.2, -0.15) is 39.5 Å². The first-order valence-electron chi connectivity index (χ1n) is 5.88. The van der Waals surface area contributed by atoms with Crippen molar-refractivity contribution in [1.29, 1.82) is 0 Å². The van der Waals surface area contributed by atoms with E-state index in [1.54, 1.807) is 0 Å². The van der Waals surface area contributed by atoms with E-state index < -0.39 is 49.4 Å². The van der Waals surface area contributed by atoms with E-state index in [-0.39, 0.29) is 0 Å². The van der Waals surface area contributed by atoms with Crippen LogP contribution in [0.5, 0.6) is 0 Å². The molecule has 134 valence electrons. The Morgan fingerprint density at radius 3 is 1.74 bits per heavy atom. The molecule has 0 unspecified atom stereocenters. The first-order valence-corrected chi connectivity index (χ1v) is 5.88. The van der Waals surface area contributed by atoms with Crippen LogP contribution < -0.4 is 0 Å². The summed E-state index contributed by atoms with van der Waals surface area (Å²) in [4.78, 5) is 11.7. The van der Waals surface area contributed by atoms with Crippen molar-refractivity contribution in [3.8, 4) is 0 Å². The molecule has 0 rings (SSSR count). The fraction of sp³-hybridized carbons (Fsp3) is 0.583. The van der Waals surface area contributed by atoms with Gasteiger partial charge in [0.05, 0.1) is 0 Å². The van der Waals surface area contributed by atoms with E-state index in [1.165, 1.54) is 0 Å². The van der Waals surface area contributed by atoms with Crippen LogP contribution in [-0.2, 0) is 4.79 Å². The number of hydrogen-bond acceptors (Lipinski definition) is 1. The zero-order chi connectivity index (χ0) is 18.7. The smallest absolute Gasteiger partial charge is 0.335 e. The van der Waals surface area contributed by atoms with E-state index in [2.05, 4.69) is 13.2 Å². The summed E-state index contributed by atoms with van der Waals surface area (Å²) in [6.07, 6.45) is -7.33. The van der Waals surface area contributed by atoms with Crippen LogP contribution in [0.15, 0.2) is 25.3 Å². The summed E-state index contributed by atoms with van der Waals surface area (Å²) < 4.78 is 114. The van der Waals surface area contributed by atoms with Gasteiger partial charge in [-0.25, -0.2) is 0 Å². The second-order valence-electron chi connectivity index (χ2n) is 4.38. The van der Waals surface area contributed by atoms with Gasteiger partial charge in [-0.15, -0.1) is 6.58 Å². The Kier molecular flexibility index (Phi) is 6.33. The van der Waals surface area contributed by atoms with Gasteiger partial charge < -0.3 is 4.90 Å². The second kappa shape index (κ2) is 6.83. The van der Waals surface area contributed by atoms with E-state index in [0.29, 0.717) is 11.0 Å². The number of alkyl halides is 9. The van der Waals surface area contributed by atoms with Gasteiger partial charge in [0.1, 0.15) is 0 Å². The highest BCUT2D eigenvalue weighted by atomic mass is 19.4. The number of hydrogen-bond donors (Lipinski definition) is 0. The average molecular weight is 357 g/mol. The third-order valence-electron chi connectivity index (χ3n) is 2.74. The van der Waals surface area contributed by atoms with Crippen molar-refractivity contribution >= 4 is 5.91 Å². The van der Waals surface area contributed by atoms with Crippen LogP contribution in [0.2, 0.25) is 0 Å². The molecule has 0 N–H and O–H groups in total. The molecule has 0 aromatic rings. The van der Waals surface area contributed by atoms with Crippen molar-refractivity contribution in [1.82, 2.24) is 4.90 Å². The number of carbonyl (C=O) groups excluding carboxylic acids is 1. The molecule has 0 atom stereocenters. The zero-order valence-corrected chi connectivity index (χ0v) is 11.4. The third kappa shape index (κ3) is 4.20. The molecule has 0 bridgehead atoms. The summed E-state index contributed by atoms with van der Waals surface area (Å²) in [5.41, 5.74) is 0. The molecule has 0 saturated carbocycles. The predicted molar refractivity (Wildman–Crippen MR) is 62.5 cm³/mol. The monoisotopic (exact) mass is 357 g/mol. The highest BCUT2D eigenvalue weighted by Crippen LogP contribution is 2.53. The van der Waals surface area contributed by atoms with Gasteiger partial charge >= 0.3 is 23.9 Å². The summed E-state index contributed by atoms with van der Waals surface area (Å²) >= 11 is 0. The van der Waals surface area contributed by atoms with Gasteiger partial charge in [-0.3, -0.25) is 4.79 Å². The van der Waals surface area contributed by atoms with Gasteiger partial charge in [0.25, 0.3) is 0 Å². The Morgan fingerprint density at radius 2 is 1.39 bits per heavy atom. The maximum absolute atomic E-state index is 13.3. The molecule has 0 saturated heterocycles. The Balaban J connectivity index is 5.35. The van der Waals surface area contributed by atoms with Crippen molar-refractivity contribution in [2.75, 3.05) is 13.1 Å². The van der Waals surface area contributed by atoms with Crippen molar-refractivity contribution in [3.63, 3.8) is 0 Å². The molecule has 0 spiro atoms. The van der Waals surface area contributed by atoms with Crippen LogP contribution in [0.4, 0.5) is 39.5 Å². The fourth-order valence-corrected chi connectivity index (χ4v) is 1.42. The zero-order valence-electron chi connectivity index (χ0n) is 11.4. The maximum Gasteiger partial charge on any atom is 0.460 e. The van der Waals surface area contributed by atoms with Crippen LogP contribution in [0.1, 0.15) is 6.42 Å². The van der Waals surface area contributed by atoms with Crippen molar-refractivity contribution in [2.24, 2.45) is 0 Å². The van der Waals surface area contributed by atoms with E-state index in [9.17, 15) is 44.3 Å². The van der Waals surface area contributed by atoms with E-state index in [4.69, 9.17) is 0 Å². The fourth-order valence-electron chi connectivity index (χ4n) is 1.42. The summed E-state index contributed by atoms with van der Waals surface area (Å²) in [5.74, 6) is -20.3. The number of halogens is 9. The first kappa shape index (κ1) is 21.3. The summed E-state index contributed by atoms with van der Waals surface area (Å²) in [7, 11) is 0. The molecule has 0 aromatic heterocycles. The van der Waals surface area contributed by atoms with E-state index in [0.717, 1.165) is 6.08 Å². The average Bonchev–Trinajstić information content (AvgIpc) is 2.40. The molecule has 11 heteroatoms. The van der Waals surface area contributed by atoms with Crippen LogP contribution in [0, 0.1) is 0 Å². The molecular formula is C12H12F9NO. The Hall–Kier alpha value is -1.68. The molecule has 0 aromatic carbocycles. The van der Waals surface area contributed by atoms with Crippen LogP contribution >= 0.6 is 0 Å². The lowest BCUT2D eigenvalue weighted by molar-refractivity contribution is -0.396. The van der Waals surface area contributed by atoms with Crippen LogP contribution in [-0.4, -0.2) is 47.8 Å². The predicted octanol–water partition coefficient (Wildman–Crippen LogP) is 4.05. The number of carbonyl (C=O) groups is 1. The van der Waals surface area contributed by atoms with E-state index >= 15 is 0 Å². The lowest BCUT2D eigenvalue weighted by Gasteiger charge is -2.34. The van der Waals surface area contributed by atoms with Gasteiger partial charge in [0.15, 0.2) is 0 Å². The summed E-state index contributed by atoms with van der Waals surface area (Å²) in [6.45, 7) is 4.53. The lowest BCUT2D eigenvalue weighted by atomic mass is 10.0. The Morgan fingerprint density at radius 1 is 0.913 bits per heavy atom. The highest BCUT2D eigenvalue weighted by molar-refractivity contribution is 5.87. The van der Waals surface area contributed by atoms with Gasteiger partial charge in [-0.1, -0.05) is 12.7 Å². The van der Waals surface area contributed by atoms with Gasteiger partial charge in [-0.05, 0) is 6.08 Å². The standard InChI is InChI=1S/C12H12F9NO/c1-3-6-22(8(23)4-2)7-5-9(13,14)10(15,16)11(17,18)12(19,20)21/h3-4H,1-2,5-7H2. The van der Waals surface area contributed by atoms with E-state index in [1.807, 2.05) is 0 Å². The highest BCUT2D eigenvalue weighted by Gasteiger charge is 2.81. The minimum atomic E-state index is -6.94. The first-order chi connectivity index (χ1) is 10.2. The largest absolute Gasteiger partial charge is 0.460 e. The Labute approximate surface area is 125 Å². The molecule has 0 aliphatic rings. The molecule has 2 nitrogen and oxygen atoms in total. The maximum atomic E-state index is 13.3.